The van der Waals surface area contributed by atoms with E-state index in [0.717, 1.165) is 0 Å². The topological polar surface area (TPSA) is 46.6 Å². The maximum atomic E-state index is 12.3. The molecule has 0 fully saturated rings. The summed E-state index contributed by atoms with van der Waals surface area (Å²) >= 11 is 12.0. The first kappa shape index (κ1) is 17.3. The van der Waals surface area contributed by atoms with E-state index < -0.39 is 11.7 Å². The molecule has 0 bridgehead atoms. The summed E-state index contributed by atoms with van der Waals surface area (Å²) < 4.78 is 5.34. The maximum Gasteiger partial charge on any atom is 0.415 e. The van der Waals surface area contributed by atoms with Crippen LogP contribution in [0.3, 0.4) is 0 Å². The van der Waals surface area contributed by atoms with Crippen LogP contribution in [0.5, 0.6) is 0 Å². The molecule has 0 aromatic carbocycles. The minimum atomic E-state index is -0.634. The number of rotatable bonds is 2. The van der Waals surface area contributed by atoms with Crippen molar-refractivity contribution in [1.82, 2.24) is 4.90 Å². The van der Waals surface area contributed by atoms with E-state index in [1.165, 1.54) is 4.90 Å². The van der Waals surface area contributed by atoms with Crippen LogP contribution >= 0.6 is 23.2 Å². The quantitative estimate of drug-likeness (QED) is 0.714. The second-order valence-corrected chi connectivity index (χ2v) is 7.10. The number of ketones is 1. The van der Waals surface area contributed by atoms with E-state index in [1.807, 2.05) is 13.8 Å². The number of hydrogen-bond donors (Lipinski definition) is 0. The molecule has 114 valence electrons. The zero-order valence-corrected chi connectivity index (χ0v) is 14.0. The van der Waals surface area contributed by atoms with Gasteiger partial charge in [0.15, 0.2) is 5.78 Å². The molecule has 0 saturated heterocycles. The predicted octanol–water partition coefficient (Wildman–Crippen LogP) is 4.26. The molecule has 0 aliphatic carbocycles. The molecule has 1 atom stereocenters. The van der Waals surface area contributed by atoms with Gasteiger partial charge in [0.1, 0.15) is 15.8 Å². The third-order valence-electron chi connectivity index (χ3n) is 2.76. The van der Waals surface area contributed by atoms with Crippen LogP contribution in [-0.4, -0.2) is 28.4 Å². The Bertz CT molecular complexity index is 438. The van der Waals surface area contributed by atoms with Crippen molar-refractivity contribution >= 4 is 35.1 Å². The van der Waals surface area contributed by atoms with Gasteiger partial charge >= 0.3 is 6.09 Å². The molecule has 20 heavy (non-hydrogen) atoms. The summed E-state index contributed by atoms with van der Waals surface area (Å²) in [5.74, 6) is 0.0844. The summed E-state index contributed by atoms with van der Waals surface area (Å²) in [6.45, 7) is 9.36. The number of Topliss-reactive ketones (excluding diaryl/α,β-unsaturated/α-hetero) is 1. The monoisotopic (exact) mass is 321 g/mol. The summed E-state index contributed by atoms with van der Waals surface area (Å²) in [5.41, 5.74) is -0.634. The van der Waals surface area contributed by atoms with Gasteiger partial charge in [0.2, 0.25) is 0 Å². The molecule has 1 amide bonds. The van der Waals surface area contributed by atoms with Crippen LogP contribution < -0.4 is 0 Å². The lowest BCUT2D eigenvalue weighted by molar-refractivity contribution is -0.116. The van der Waals surface area contributed by atoms with Gasteiger partial charge < -0.3 is 4.74 Å². The number of carbonyl (C=O) groups excluding carboxylic acids is 2. The van der Waals surface area contributed by atoms with E-state index in [-0.39, 0.29) is 28.4 Å². The lowest BCUT2D eigenvalue weighted by Gasteiger charge is -2.36. The zero-order chi connectivity index (χ0) is 15.7. The third kappa shape index (κ3) is 4.38. The van der Waals surface area contributed by atoms with Gasteiger partial charge in [-0.3, -0.25) is 9.69 Å². The van der Waals surface area contributed by atoms with E-state index >= 15 is 0 Å². The Balaban J connectivity index is 3.07. The van der Waals surface area contributed by atoms with Gasteiger partial charge in [0.05, 0.1) is 0 Å². The highest BCUT2D eigenvalue weighted by Gasteiger charge is 2.38. The minimum absolute atomic E-state index is 0.0391. The average Bonchev–Trinajstić information content (AvgIpc) is 2.22. The molecule has 0 spiro atoms. The smallest absolute Gasteiger partial charge is 0.415 e. The molecule has 0 aromatic heterocycles. The standard InChI is InChI=1S/C14H21Cl2NO3/c1-8(2)6-9-7-10(18)11(15)12(16)17(9)13(19)20-14(3,4)5/h8-9H,6-7H2,1-5H3. The van der Waals surface area contributed by atoms with Crippen LogP contribution in [0, 0.1) is 5.92 Å². The van der Waals surface area contributed by atoms with Gasteiger partial charge in [-0.25, -0.2) is 4.79 Å². The number of allylic oxidation sites excluding steroid dienone is 1. The lowest BCUT2D eigenvalue weighted by Crippen LogP contribution is -2.46. The molecule has 0 N–H and O–H groups in total. The van der Waals surface area contributed by atoms with Crippen LogP contribution in [0.4, 0.5) is 4.79 Å². The van der Waals surface area contributed by atoms with Crippen molar-refractivity contribution in [2.45, 2.75) is 59.1 Å². The summed E-state index contributed by atoms with van der Waals surface area (Å²) in [6, 6.07) is -0.313. The van der Waals surface area contributed by atoms with Crippen molar-refractivity contribution in [1.29, 1.82) is 0 Å². The molecule has 1 aliphatic rings. The van der Waals surface area contributed by atoms with Crippen molar-refractivity contribution in [2.75, 3.05) is 0 Å². The Morgan fingerprint density at radius 2 is 1.95 bits per heavy atom. The van der Waals surface area contributed by atoms with Crippen LogP contribution in [-0.2, 0) is 9.53 Å². The molecular weight excluding hydrogens is 301 g/mol. The first-order valence-electron chi connectivity index (χ1n) is 6.63. The van der Waals surface area contributed by atoms with Crippen molar-refractivity contribution in [3.05, 3.63) is 10.2 Å². The van der Waals surface area contributed by atoms with Crippen molar-refractivity contribution in [3.63, 3.8) is 0 Å². The third-order valence-corrected chi connectivity index (χ3v) is 3.61. The number of hydrogen-bond acceptors (Lipinski definition) is 3. The van der Waals surface area contributed by atoms with E-state index in [0.29, 0.717) is 12.3 Å². The molecular formula is C14H21Cl2NO3. The highest BCUT2D eigenvalue weighted by molar-refractivity contribution is 6.48. The average molecular weight is 322 g/mol. The highest BCUT2D eigenvalue weighted by Crippen LogP contribution is 2.33. The summed E-state index contributed by atoms with van der Waals surface area (Å²) in [6.07, 6.45) is 0.261. The Morgan fingerprint density at radius 1 is 1.40 bits per heavy atom. The molecule has 1 aliphatic heterocycles. The second-order valence-electron chi connectivity index (χ2n) is 6.37. The molecule has 1 heterocycles. The van der Waals surface area contributed by atoms with E-state index in [4.69, 9.17) is 27.9 Å². The fourth-order valence-electron chi connectivity index (χ4n) is 2.05. The predicted molar refractivity (Wildman–Crippen MR) is 79.7 cm³/mol. The molecule has 4 nitrogen and oxygen atoms in total. The second kappa shape index (κ2) is 6.35. The molecule has 0 saturated carbocycles. The van der Waals surface area contributed by atoms with Crippen LogP contribution in [0.25, 0.3) is 0 Å². The minimum Gasteiger partial charge on any atom is -0.443 e. The maximum absolute atomic E-state index is 12.3. The van der Waals surface area contributed by atoms with Crippen LogP contribution in [0.2, 0.25) is 0 Å². The van der Waals surface area contributed by atoms with Gasteiger partial charge in [-0.1, -0.05) is 37.0 Å². The van der Waals surface area contributed by atoms with Crippen molar-refractivity contribution < 1.29 is 14.3 Å². The van der Waals surface area contributed by atoms with Crippen LogP contribution in [0.15, 0.2) is 10.2 Å². The van der Waals surface area contributed by atoms with Gasteiger partial charge in [0, 0.05) is 12.5 Å². The van der Waals surface area contributed by atoms with Gasteiger partial charge in [0.25, 0.3) is 0 Å². The largest absolute Gasteiger partial charge is 0.443 e. The van der Waals surface area contributed by atoms with E-state index in [9.17, 15) is 9.59 Å². The Kier molecular flexibility index (Phi) is 5.50. The Labute approximate surface area is 130 Å². The number of halogens is 2. The van der Waals surface area contributed by atoms with Gasteiger partial charge in [-0.2, -0.15) is 0 Å². The Morgan fingerprint density at radius 3 is 2.40 bits per heavy atom. The Hall–Kier alpha value is -0.740. The normalized spacial score (nSPS) is 20.7. The summed E-state index contributed by atoms with van der Waals surface area (Å²) in [4.78, 5) is 25.4. The zero-order valence-electron chi connectivity index (χ0n) is 12.5. The number of nitrogens with zero attached hydrogens (tertiary/aromatic N) is 1. The molecule has 0 aromatic rings. The molecule has 1 rings (SSSR count). The number of amides is 1. The number of ether oxygens (including phenoxy) is 1. The molecule has 0 radical (unpaired) electrons. The fourth-order valence-corrected chi connectivity index (χ4v) is 2.53. The van der Waals surface area contributed by atoms with Crippen LogP contribution in [0.1, 0.15) is 47.5 Å². The lowest BCUT2D eigenvalue weighted by atomic mass is 9.96. The first-order valence-corrected chi connectivity index (χ1v) is 7.39. The van der Waals surface area contributed by atoms with Gasteiger partial charge in [-0.05, 0) is 33.1 Å². The van der Waals surface area contributed by atoms with Gasteiger partial charge in [-0.15, -0.1) is 0 Å². The summed E-state index contributed by atoms with van der Waals surface area (Å²) in [7, 11) is 0. The van der Waals surface area contributed by atoms with E-state index in [2.05, 4.69) is 0 Å². The molecule has 6 heteroatoms. The SMILES string of the molecule is CC(C)CC1CC(=O)C(Cl)=C(Cl)N1C(=O)OC(C)(C)C. The number of carbonyl (C=O) groups is 2. The van der Waals surface area contributed by atoms with Crippen molar-refractivity contribution in [2.24, 2.45) is 5.92 Å². The fraction of sp³-hybridized carbons (Fsp3) is 0.714. The molecule has 1 unspecified atom stereocenters. The van der Waals surface area contributed by atoms with E-state index in [1.54, 1.807) is 20.8 Å². The highest BCUT2D eigenvalue weighted by atomic mass is 35.5. The first-order chi connectivity index (χ1) is 9.03. The van der Waals surface area contributed by atoms with Crippen molar-refractivity contribution in [3.8, 4) is 0 Å². The summed E-state index contributed by atoms with van der Waals surface area (Å²) in [5, 5.41) is -0.139.